The number of anilines is 1. The molecule has 23 heavy (non-hydrogen) atoms. The van der Waals surface area contributed by atoms with Crippen molar-refractivity contribution in [3.63, 3.8) is 0 Å². The molecule has 1 unspecified atom stereocenters. The molecule has 1 aromatic carbocycles. The molecule has 0 N–H and O–H groups in total. The Hall–Kier alpha value is -1.82. The highest BCUT2D eigenvalue weighted by Gasteiger charge is 2.25. The van der Waals surface area contributed by atoms with E-state index in [0.29, 0.717) is 10.9 Å². The van der Waals surface area contributed by atoms with E-state index in [1.54, 1.807) is 19.1 Å². The monoisotopic (exact) mass is 333 g/mol. The van der Waals surface area contributed by atoms with Gasteiger partial charge in [0.1, 0.15) is 5.82 Å². The van der Waals surface area contributed by atoms with Gasteiger partial charge in [0.2, 0.25) is 0 Å². The Balaban J connectivity index is 1.79. The summed E-state index contributed by atoms with van der Waals surface area (Å²) in [5.41, 5.74) is 1.10. The van der Waals surface area contributed by atoms with Crippen molar-refractivity contribution in [2.75, 3.05) is 17.2 Å². The number of nitrogens with zero attached hydrogens (tertiary/aromatic N) is 3. The lowest BCUT2D eigenvalue weighted by atomic mass is 10.2. The molecule has 1 aliphatic rings. The normalized spacial score (nSPS) is 18.5. The second-order valence-electron chi connectivity index (χ2n) is 6.01. The Bertz CT molecular complexity index is 765. The van der Waals surface area contributed by atoms with Gasteiger partial charge in [0, 0.05) is 37.2 Å². The third kappa shape index (κ3) is 3.27. The Morgan fingerprint density at radius 2 is 2.00 bits per heavy atom. The lowest BCUT2D eigenvalue weighted by Gasteiger charge is -2.27. The van der Waals surface area contributed by atoms with Crippen LogP contribution in [-0.4, -0.2) is 36.3 Å². The fourth-order valence-electron chi connectivity index (χ4n) is 3.20. The third-order valence-corrected chi connectivity index (χ3v) is 6.37. The smallest absolute Gasteiger partial charge is 0.178 e. The number of hydrogen-bond donors (Lipinski definition) is 0. The minimum Gasteiger partial charge on any atom is -0.367 e. The van der Waals surface area contributed by atoms with E-state index in [2.05, 4.69) is 14.5 Å². The van der Waals surface area contributed by atoms with E-state index in [1.807, 2.05) is 31.5 Å². The van der Waals surface area contributed by atoms with Crippen molar-refractivity contribution in [1.82, 2.24) is 9.55 Å². The number of imidazole rings is 1. The van der Waals surface area contributed by atoms with Gasteiger partial charge < -0.3 is 9.47 Å². The minimum atomic E-state index is -3.13. The predicted octanol–water partition coefficient (Wildman–Crippen LogP) is 2.65. The quantitative estimate of drug-likeness (QED) is 0.844. The summed E-state index contributed by atoms with van der Waals surface area (Å²) in [6.45, 7) is 5.62. The highest BCUT2D eigenvalue weighted by molar-refractivity contribution is 7.91. The molecule has 5 nitrogen and oxygen atoms in total. The molecule has 1 atom stereocenters. The Morgan fingerprint density at radius 1 is 1.26 bits per heavy atom. The first-order valence-corrected chi connectivity index (χ1v) is 9.73. The second-order valence-corrected chi connectivity index (χ2v) is 8.29. The fourth-order valence-corrected chi connectivity index (χ4v) is 4.08. The van der Waals surface area contributed by atoms with Crippen LogP contribution >= 0.6 is 0 Å². The molecular weight excluding hydrogens is 310 g/mol. The van der Waals surface area contributed by atoms with E-state index in [0.717, 1.165) is 37.4 Å². The van der Waals surface area contributed by atoms with Gasteiger partial charge in [0.25, 0.3) is 0 Å². The first kappa shape index (κ1) is 16.1. The van der Waals surface area contributed by atoms with E-state index >= 15 is 0 Å². The van der Waals surface area contributed by atoms with E-state index in [1.165, 1.54) is 0 Å². The van der Waals surface area contributed by atoms with Gasteiger partial charge in [0.05, 0.1) is 10.6 Å². The molecule has 1 aliphatic heterocycles. The molecule has 1 aromatic heterocycles. The van der Waals surface area contributed by atoms with Crippen molar-refractivity contribution < 1.29 is 8.42 Å². The van der Waals surface area contributed by atoms with Gasteiger partial charge in [-0.3, -0.25) is 0 Å². The number of rotatable bonds is 5. The van der Waals surface area contributed by atoms with E-state index in [9.17, 15) is 8.42 Å². The van der Waals surface area contributed by atoms with Crippen molar-refractivity contribution in [2.45, 2.75) is 44.2 Å². The van der Waals surface area contributed by atoms with Crippen LogP contribution in [0.2, 0.25) is 0 Å². The summed E-state index contributed by atoms with van der Waals surface area (Å²) in [5, 5.41) is 0. The average molecular weight is 333 g/mol. The molecule has 2 aromatic rings. The summed E-state index contributed by atoms with van der Waals surface area (Å²) < 4.78 is 26.0. The maximum Gasteiger partial charge on any atom is 0.178 e. The zero-order valence-corrected chi connectivity index (χ0v) is 14.5. The van der Waals surface area contributed by atoms with E-state index in [4.69, 9.17) is 0 Å². The van der Waals surface area contributed by atoms with Gasteiger partial charge in [-0.05, 0) is 44.0 Å². The van der Waals surface area contributed by atoms with Crippen molar-refractivity contribution in [1.29, 1.82) is 0 Å². The van der Waals surface area contributed by atoms with Crippen LogP contribution in [0.25, 0.3) is 0 Å². The summed E-state index contributed by atoms with van der Waals surface area (Å²) in [6.07, 6.45) is 6.15. The van der Waals surface area contributed by atoms with Gasteiger partial charge in [-0.15, -0.1) is 0 Å². The highest BCUT2D eigenvalue weighted by atomic mass is 32.2. The van der Waals surface area contributed by atoms with Crippen LogP contribution in [0.15, 0.2) is 41.6 Å². The largest absolute Gasteiger partial charge is 0.367 e. The molecule has 0 radical (unpaired) electrons. The Kier molecular flexibility index (Phi) is 4.43. The van der Waals surface area contributed by atoms with Gasteiger partial charge in [0.15, 0.2) is 9.84 Å². The van der Waals surface area contributed by atoms with Crippen LogP contribution in [0.3, 0.4) is 0 Å². The van der Waals surface area contributed by atoms with E-state index in [-0.39, 0.29) is 5.75 Å². The molecule has 0 aliphatic carbocycles. The van der Waals surface area contributed by atoms with Crippen molar-refractivity contribution in [3.05, 3.63) is 42.5 Å². The summed E-state index contributed by atoms with van der Waals surface area (Å²) in [6, 6.07) is 7.75. The summed E-state index contributed by atoms with van der Waals surface area (Å²) in [5.74, 6) is 1.17. The van der Waals surface area contributed by atoms with Crippen LogP contribution in [0, 0.1) is 6.92 Å². The maximum atomic E-state index is 11.9. The highest BCUT2D eigenvalue weighted by Crippen LogP contribution is 2.28. The zero-order chi connectivity index (χ0) is 16.4. The zero-order valence-electron chi connectivity index (χ0n) is 13.6. The summed E-state index contributed by atoms with van der Waals surface area (Å²) >= 11 is 0. The van der Waals surface area contributed by atoms with Crippen molar-refractivity contribution in [2.24, 2.45) is 0 Å². The van der Waals surface area contributed by atoms with Gasteiger partial charge in [-0.1, -0.05) is 6.92 Å². The Morgan fingerprint density at radius 3 is 2.61 bits per heavy atom. The Labute approximate surface area is 137 Å². The third-order valence-electron chi connectivity index (χ3n) is 4.62. The summed E-state index contributed by atoms with van der Waals surface area (Å²) in [4.78, 5) is 7.07. The SMILES string of the molecule is CCS(=O)(=O)c1ccc(N2CCCC2Cn2ccnc2C)cc1. The number of hydrogen-bond acceptors (Lipinski definition) is 4. The lowest BCUT2D eigenvalue weighted by Crippen LogP contribution is -2.33. The molecule has 3 rings (SSSR count). The van der Waals surface area contributed by atoms with Crippen molar-refractivity contribution in [3.8, 4) is 0 Å². The molecule has 2 heterocycles. The molecule has 0 bridgehead atoms. The van der Waals surface area contributed by atoms with E-state index < -0.39 is 9.84 Å². The minimum absolute atomic E-state index is 0.137. The van der Waals surface area contributed by atoms with Crippen LogP contribution in [0.1, 0.15) is 25.6 Å². The fraction of sp³-hybridized carbons (Fsp3) is 0.471. The standard InChI is InChI=1S/C17H23N3O2S/c1-3-23(21,22)17-8-6-15(7-9-17)20-11-4-5-16(20)13-19-12-10-18-14(19)2/h6-10,12,16H,3-5,11,13H2,1-2H3. The number of aromatic nitrogens is 2. The lowest BCUT2D eigenvalue weighted by molar-refractivity contribution is 0.540. The van der Waals surface area contributed by atoms with Crippen LogP contribution < -0.4 is 4.90 Å². The van der Waals surface area contributed by atoms with Gasteiger partial charge >= 0.3 is 0 Å². The molecule has 6 heteroatoms. The number of sulfone groups is 1. The molecule has 1 fully saturated rings. The first-order chi connectivity index (χ1) is 11.0. The molecule has 1 saturated heterocycles. The maximum absolute atomic E-state index is 11.9. The molecule has 0 amide bonds. The number of aryl methyl sites for hydroxylation is 1. The number of benzene rings is 1. The predicted molar refractivity (Wildman–Crippen MR) is 91.5 cm³/mol. The topological polar surface area (TPSA) is 55.2 Å². The molecule has 124 valence electrons. The molecule has 0 spiro atoms. The molecular formula is C17H23N3O2S. The van der Waals surface area contributed by atoms with Gasteiger partial charge in [-0.2, -0.15) is 0 Å². The first-order valence-electron chi connectivity index (χ1n) is 8.08. The summed E-state index contributed by atoms with van der Waals surface area (Å²) in [7, 11) is -3.13. The van der Waals surface area contributed by atoms with Crippen LogP contribution in [0.5, 0.6) is 0 Å². The van der Waals surface area contributed by atoms with Crippen LogP contribution in [-0.2, 0) is 16.4 Å². The second kappa shape index (κ2) is 6.35. The van der Waals surface area contributed by atoms with Gasteiger partial charge in [-0.25, -0.2) is 13.4 Å². The van der Waals surface area contributed by atoms with Crippen LogP contribution in [0.4, 0.5) is 5.69 Å². The van der Waals surface area contributed by atoms with Crippen molar-refractivity contribution >= 4 is 15.5 Å². The average Bonchev–Trinajstić information content (AvgIpc) is 3.17. The molecule has 0 saturated carbocycles.